The molecule has 0 radical (unpaired) electrons. The molecule has 1 aliphatic carbocycles. The summed E-state index contributed by atoms with van der Waals surface area (Å²) in [6, 6.07) is 55.6. The summed E-state index contributed by atoms with van der Waals surface area (Å²) in [6.07, 6.45) is 0.667. The number of nitrogens with zero attached hydrogens (tertiary/aromatic N) is 6. The lowest BCUT2D eigenvalue weighted by molar-refractivity contribution is 0.926. The van der Waals surface area contributed by atoms with Gasteiger partial charge >= 0.3 is 0 Å². The van der Waals surface area contributed by atoms with Crippen molar-refractivity contribution < 1.29 is 0 Å². The van der Waals surface area contributed by atoms with E-state index in [0.29, 0.717) is 12.2 Å². The average molecular weight is 653 g/mol. The molecule has 0 aliphatic heterocycles. The highest BCUT2D eigenvalue weighted by molar-refractivity contribution is 6.11. The van der Waals surface area contributed by atoms with Gasteiger partial charge in [-0.05, 0) is 60.2 Å². The van der Waals surface area contributed by atoms with Crippen molar-refractivity contribution in [3.8, 4) is 45.4 Å². The normalized spacial score (nSPS) is 12.2. The Morgan fingerprint density at radius 1 is 0.412 bits per heavy atom. The molecule has 0 bridgehead atoms. The summed E-state index contributed by atoms with van der Waals surface area (Å²) in [5, 5.41) is 14.2. The number of hydrogen-bond donors (Lipinski definition) is 0. The fourth-order valence-electron chi connectivity index (χ4n) is 7.91. The molecule has 0 saturated heterocycles. The van der Waals surface area contributed by atoms with Gasteiger partial charge in [0.05, 0.1) is 39.1 Å². The predicted octanol–water partition coefficient (Wildman–Crippen LogP) is 10.4. The molecule has 0 N–H and O–H groups in total. The van der Waals surface area contributed by atoms with Gasteiger partial charge in [0, 0.05) is 50.5 Å². The first kappa shape index (κ1) is 28.0. The minimum Gasteiger partial charge on any atom is -0.309 e. The molecule has 10 aromatic rings. The van der Waals surface area contributed by atoms with Gasteiger partial charge in [0.2, 0.25) is 0 Å². The summed E-state index contributed by atoms with van der Waals surface area (Å²) < 4.78 is 4.65. The monoisotopic (exact) mass is 652 g/mol. The second-order valence-corrected chi connectivity index (χ2v) is 13.2. The molecule has 0 saturated carbocycles. The zero-order valence-electron chi connectivity index (χ0n) is 27.4. The Morgan fingerprint density at radius 3 is 1.61 bits per heavy atom. The zero-order chi connectivity index (χ0) is 33.5. The maximum Gasteiger partial charge on any atom is 0.182 e. The standard InChI is InChI=1S/C45H28N6/c1-3-11-31(12-4-1)50-39-17-9-7-15-33(39)35-22-19-28(26-41(35)50)37-24-21-29-25-38-44(43(29)46-37)47-45(49-48-38)30-20-23-36-34-16-8-10-18-40(34)51(42(36)27-30)32-13-5-2-6-14-32/h1-24,26-27H,25H2. The lowest BCUT2D eigenvalue weighted by atomic mass is 10.1. The van der Waals surface area contributed by atoms with Gasteiger partial charge < -0.3 is 9.13 Å². The average Bonchev–Trinajstić information content (AvgIpc) is 3.85. The molecule has 6 aromatic carbocycles. The summed E-state index contributed by atoms with van der Waals surface area (Å²) >= 11 is 0. The molecule has 51 heavy (non-hydrogen) atoms. The molecule has 238 valence electrons. The molecule has 11 rings (SSSR count). The maximum absolute atomic E-state index is 5.25. The lowest BCUT2D eigenvalue weighted by Gasteiger charge is -2.09. The van der Waals surface area contributed by atoms with Gasteiger partial charge in [-0.3, -0.25) is 0 Å². The first-order valence-corrected chi connectivity index (χ1v) is 17.2. The molecule has 0 atom stereocenters. The van der Waals surface area contributed by atoms with Crippen LogP contribution in [0.2, 0.25) is 0 Å². The van der Waals surface area contributed by atoms with Crippen molar-refractivity contribution in [3.05, 3.63) is 169 Å². The smallest absolute Gasteiger partial charge is 0.182 e. The minimum absolute atomic E-state index is 0.592. The first-order valence-electron chi connectivity index (χ1n) is 17.2. The van der Waals surface area contributed by atoms with E-state index in [2.05, 4.69) is 166 Å². The number of hydrogen-bond acceptors (Lipinski definition) is 4. The van der Waals surface area contributed by atoms with Crippen LogP contribution in [0.1, 0.15) is 11.3 Å². The number of aromatic nitrogens is 6. The molecule has 0 spiro atoms. The number of fused-ring (bicyclic) bond motifs is 9. The topological polar surface area (TPSA) is 61.4 Å². The Kier molecular flexibility index (Phi) is 5.92. The third-order valence-electron chi connectivity index (χ3n) is 10.2. The molecule has 6 nitrogen and oxygen atoms in total. The molecular formula is C45H28N6. The molecule has 4 heterocycles. The molecule has 1 aliphatic rings. The Hall–Kier alpha value is -6.92. The SMILES string of the molecule is c1ccc(-n2c3ccccc3c3ccc(-c4ccc5c(n4)-c4nc(-c6ccc7c8ccccc8n(-c8ccccc8)c7c6)nnc4C5)cc32)cc1. The maximum atomic E-state index is 5.25. The van der Waals surface area contributed by atoms with E-state index < -0.39 is 0 Å². The minimum atomic E-state index is 0.592. The van der Waals surface area contributed by atoms with E-state index in [-0.39, 0.29) is 0 Å². The summed E-state index contributed by atoms with van der Waals surface area (Å²) in [5.41, 5.74) is 13.4. The molecule has 0 amide bonds. The van der Waals surface area contributed by atoms with Gasteiger partial charge in [-0.1, -0.05) is 103 Å². The van der Waals surface area contributed by atoms with Crippen LogP contribution in [0.25, 0.3) is 89.0 Å². The van der Waals surface area contributed by atoms with Crippen LogP contribution in [-0.2, 0) is 6.42 Å². The number of para-hydroxylation sites is 4. The number of pyridine rings is 1. The number of rotatable bonds is 4. The van der Waals surface area contributed by atoms with E-state index in [1.54, 1.807) is 0 Å². The van der Waals surface area contributed by atoms with Gasteiger partial charge in [0.25, 0.3) is 0 Å². The summed E-state index contributed by atoms with van der Waals surface area (Å²) in [7, 11) is 0. The second kappa shape index (κ2) is 10.8. The van der Waals surface area contributed by atoms with Crippen LogP contribution < -0.4 is 0 Å². The van der Waals surface area contributed by atoms with Gasteiger partial charge in [0.1, 0.15) is 5.69 Å². The molecule has 6 heteroatoms. The largest absolute Gasteiger partial charge is 0.309 e. The van der Waals surface area contributed by atoms with Crippen LogP contribution in [0.4, 0.5) is 0 Å². The highest BCUT2D eigenvalue weighted by atomic mass is 15.2. The predicted molar refractivity (Wildman–Crippen MR) is 205 cm³/mol. The zero-order valence-corrected chi connectivity index (χ0v) is 27.4. The van der Waals surface area contributed by atoms with Crippen molar-refractivity contribution >= 4 is 43.6 Å². The van der Waals surface area contributed by atoms with Crippen molar-refractivity contribution in [2.75, 3.05) is 0 Å². The van der Waals surface area contributed by atoms with Crippen LogP contribution in [0.3, 0.4) is 0 Å². The van der Waals surface area contributed by atoms with E-state index in [4.69, 9.17) is 15.1 Å². The molecular weight excluding hydrogens is 625 g/mol. The van der Waals surface area contributed by atoms with Crippen LogP contribution in [0.15, 0.2) is 158 Å². The third-order valence-corrected chi connectivity index (χ3v) is 10.2. The Labute approximate surface area is 292 Å². The van der Waals surface area contributed by atoms with E-state index in [1.807, 2.05) is 6.07 Å². The van der Waals surface area contributed by atoms with Crippen molar-refractivity contribution in [2.45, 2.75) is 6.42 Å². The van der Waals surface area contributed by atoms with E-state index in [9.17, 15) is 0 Å². The first-order chi connectivity index (χ1) is 25.3. The van der Waals surface area contributed by atoms with Crippen LogP contribution >= 0.6 is 0 Å². The van der Waals surface area contributed by atoms with Crippen LogP contribution in [0.5, 0.6) is 0 Å². The summed E-state index contributed by atoms with van der Waals surface area (Å²) in [4.78, 5) is 10.4. The van der Waals surface area contributed by atoms with Crippen molar-refractivity contribution in [1.29, 1.82) is 0 Å². The van der Waals surface area contributed by atoms with E-state index >= 15 is 0 Å². The molecule has 4 aromatic heterocycles. The van der Waals surface area contributed by atoms with Crippen LogP contribution in [-0.4, -0.2) is 29.3 Å². The Bertz CT molecular complexity index is 2790. The Balaban J connectivity index is 1.03. The molecule has 0 unspecified atom stereocenters. The summed E-state index contributed by atoms with van der Waals surface area (Å²) in [5.74, 6) is 0.592. The van der Waals surface area contributed by atoms with Gasteiger partial charge in [0.15, 0.2) is 5.82 Å². The fraction of sp³-hybridized carbons (Fsp3) is 0.0222. The second-order valence-electron chi connectivity index (χ2n) is 13.2. The van der Waals surface area contributed by atoms with E-state index in [1.165, 1.54) is 27.1 Å². The molecule has 0 fully saturated rings. The Morgan fingerprint density at radius 2 is 0.961 bits per heavy atom. The van der Waals surface area contributed by atoms with Crippen molar-refractivity contribution in [2.24, 2.45) is 0 Å². The lowest BCUT2D eigenvalue weighted by Crippen LogP contribution is -1.99. The number of benzene rings is 6. The van der Waals surface area contributed by atoms with Crippen LogP contribution in [0, 0.1) is 0 Å². The highest BCUT2D eigenvalue weighted by Gasteiger charge is 2.26. The third kappa shape index (κ3) is 4.23. The fourth-order valence-corrected chi connectivity index (χ4v) is 7.91. The quantitative estimate of drug-likeness (QED) is 0.190. The van der Waals surface area contributed by atoms with Gasteiger partial charge in [-0.25, -0.2) is 9.97 Å². The van der Waals surface area contributed by atoms with E-state index in [0.717, 1.165) is 67.4 Å². The highest BCUT2D eigenvalue weighted by Crippen LogP contribution is 2.39. The summed E-state index contributed by atoms with van der Waals surface area (Å²) in [6.45, 7) is 0. The van der Waals surface area contributed by atoms with Gasteiger partial charge in [-0.15, -0.1) is 5.10 Å². The van der Waals surface area contributed by atoms with Crippen molar-refractivity contribution in [1.82, 2.24) is 29.3 Å². The van der Waals surface area contributed by atoms with Gasteiger partial charge in [-0.2, -0.15) is 5.10 Å². The van der Waals surface area contributed by atoms with Crippen molar-refractivity contribution in [3.63, 3.8) is 0 Å².